The Hall–Kier alpha value is -3.54. The monoisotopic (exact) mass is 407 g/mol. The average molecular weight is 407 g/mol. The zero-order valence-electron chi connectivity index (χ0n) is 17.4. The summed E-state index contributed by atoms with van der Waals surface area (Å²) >= 11 is 0. The van der Waals surface area contributed by atoms with Gasteiger partial charge in [0.1, 0.15) is 0 Å². The number of nitrogens with zero attached hydrogens (tertiary/aromatic N) is 1. The lowest BCUT2D eigenvalue weighted by Gasteiger charge is -2.11. The molecule has 3 aromatic rings. The van der Waals surface area contributed by atoms with E-state index in [1.165, 1.54) is 0 Å². The maximum atomic E-state index is 12.0. The summed E-state index contributed by atoms with van der Waals surface area (Å²) in [6.45, 7) is 2.59. The maximum absolute atomic E-state index is 12.0. The van der Waals surface area contributed by atoms with Crippen molar-refractivity contribution < 1.29 is 23.7 Å². The van der Waals surface area contributed by atoms with Crippen molar-refractivity contribution in [2.24, 2.45) is 0 Å². The number of hydrogen-bond donors (Lipinski definition) is 0. The van der Waals surface area contributed by atoms with Gasteiger partial charge in [-0.3, -0.25) is 0 Å². The summed E-state index contributed by atoms with van der Waals surface area (Å²) in [7, 11) is 3.23. The van der Waals surface area contributed by atoms with E-state index >= 15 is 0 Å². The Kier molecular flexibility index (Phi) is 7.27. The molecule has 0 aliphatic heterocycles. The van der Waals surface area contributed by atoms with Crippen LogP contribution in [-0.2, 0) is 11.2 Å². The van der Waals surface area contributed by atoms with Gasteiger partial charge in [0.05, 0.1) is 38.7 Å². The Morgan fingerprint density at radius 3 is 2.50 bits per heavy atom. The Bertz CT molecular complexity index is 1000. The van der Waals surface area contributed by atoms with E-state index in [9.17, 15) is 4.79 Å². The van der Waals surface area contributed by atoms with Gasteiger partial charge in [0.2, 0.25) is 5.88 Å². The molecule has 0 aliphatic carbocycles. The standard InChI is InChI=1S/C24H25NO5/c1-4-29-24(26)19-8-5-7-18(16-19)20-9-6-10-23(25-20)30-14-13-17-11-12-21(27-2)22(15-17)28-3/h5-12,15-16H,4,13-14H2,1-3H3. The van der Waals surface area contributed by atoms with Gasteiger partial charge in [0.25, 0.3) is 0 Å². The molecule has 0 fully saturated rings. The van der Waals surface area contributed by atoms with Crippen molar-refractivity contribution >= 4 is 5.97 Å². The van der Waals surface area contributed by atoms with Gasteiger partial charge in [-0.15, -0.1) is 0 Å². The lowest BCUT2D eigenvalue weighted by atomic mass is 10.1. The summed E-state index contributed by atoms with van der Waals surface area (Å²) in [5.41, 5.74) is 3.12. The predicted octanol–water partition coefficient (Wildman–Crippen LogP) is 4.56. The third kappa shape index (κ3) is 5.29. The molecule has 30 heavy (non-hydrogen) atoms. The van der Waals surface area contributed by atoms with Gasteiger partial charge in [-0.05, 0) is 42.8 Å². The fraction of sp³-hybridized carbons (Fsp3) is 0.250. The van der Waals surface area contributed by atoms with Gasteiger partial charge in [-0.1, -0.05) is 24.3 Å². The molecule has 0 unspecified atom stereocenters. The van der Waals surface area contributed by atoms with Gasteiger partial charge in [0.15, 0.2) is 11.5 Å². The summed E-state index contributed by atoms with van der Waals surface area (Å²) < 4.78 is 21.5. The molecule has 0 saturated heterocycles. The third-order valence-electron chi connectivity index (χ3n) is 4.48. The number of aromatic nitrogens is 1. The summed E-state index contributed by atoms with van der Waals surface area (Å²) in [5, 5.41) is 0. The molecule has 6 heteroatoms. The fourth-order valence-corrected chi connectivity index (χ4v) is 2.99. The van der Waals surface area contributed by atoms with Crippen LogP contribution in [0.15, 0.2) is 60.7 Å². The Balaban J connectivity index is 1.66. The largest absolute Gasteiger partial charge is 0.493 e. The molecule has 0 bridgehead atoms. The zero-order valence-corrected chi connectivity index (χ0v) is 17.4. The third-order valence-corrected chi connectivity index (χ3v) is 4.48. The first-order valence-corrected chi connectivity index (χ1v) is 9.73. The first-order chi connectivity index (χ1) is 14.6. The molecular formula is C24H25NO5. The van der Waals surface area contributed by atoms with E-state index in [2.05, 4.69) is 4.98 Å². The van der Waals surface area contributed by atoms with Gasteiger partial charge in [-0.25, -0.2) is 9.78 Å². The van der Waals surface area contributed by atoms with E-state index < -0.39 is 0 Å². The predicted molar refractivity (Wildman–Crippen MR) is 114 cm³/mol. The minimum atomic E-state index is -0.346. The number of benzene rings is 2. The van der Waals surface area contributed by atoms with Crippen LogP contribution in [0.3, 0.4) is 0 Å². The maximum Gasteiger partial charge on any atom is 0.338 e. The second-order valence-electron chi connectivity index (χ2n) is 6.45. The highest BCUT2D eigenvalue weighted by atomic mass is 16.5. The number of carbonyl (C=O) groups excluding carboxylic acids is 1. The summed E-state index contributed by atoms with van der Waals surface area (Å²) in [6, 6.07) is 18.6. The number of rotatable bonds is 9. The van der Waals surface area contributed by atoms with Crippen LogP contribution in [0.1, 0.15) is 22.8 Å². The van der Waals surface area contributed by atoms with E-state index in [0.717, 1.165) is 16.8 Å². The highest BCUT2D eigenvalue weighted by Crippen LogP contribution is 2.28. The number of methoxy groups -OCH3 is 2. The van der Waals surface area contributed by atoms with Crippen molar-refractivity contribution in [3.05, 3.63) is 71.8 Å². The van der Waals surface area contributed by atoms with Crippen molar-refractivity contribution in [1.82, 2.24) is 4.98 Å². The molecule has 6 nitrogen and oxygen atoms in total. The Labute approximate surface area is 176 Å². The van der Waals surface area contributed by atoms with E-state index in [1.54, 1.807) is 33.3 Å². The van der Waals surface area contributed by atoms with Crippen LogP contribution in [0.5, 0.6) is 17.4 Å². The van der Waals surface area contributed by atoms with Crippen molar-refractivity contribution in [3.8, 4) is 28.6 Å². The van der Waals surface area contributed by atoms with Crippen molar-refractivity contribution in [2.45, 2.75) is 13.3 Å². The molecule has 2 aromatic carbocycles. The number of hydrogen-bond acceptors (Lipinski definition) is 6. The topological polar surface area (TPSA) is 66.9 Å². The van der Waals surface area contributed by atoms with Crippen molar-refractivity contribution in [3.63, 3.8) is 0 Å². The molecular weight excluding hydrogens is 382 g/mol. The Morgan fingerprint density at radius 2 is 1.73 bits per heavy atom. The minimum Gasteiger partial charge on any atom is -0.493 e. The Morgan fingerprint density at radius 1 is 0.933 bits per heavy atom. The van der Waals surface area contributed by atoms with E-state index in [-0.39, 0.29) is 5.97 Å². The SMILES string of the molecule is CCOC(=O)c1cccc(-c2cccc(OCCc3ccc(OC)c(OC)c3)n2)c1. The van der Waals surface area contributed by atoms with Crippen LogP contribution in [0, 0.1) is 0 Å². The summed E-state index contributed by atoms with van der Waals surface area (Å²) in [4.78, 5) is 16.5. The molecule has 0 N–H and O–H groups in total. The van der Waals surface area contributed by atoms with Crippen molar-refractivity contribution in [2.75, 3.05) is 27.4 Å². The lowest BCUT2D eigenvalue weighted by Crippen LogP contribution is -2.05. The molecule has 0 radical (unpaired) electrons. The fourth-order valence-electron chi connectivity index (χ4n) is 2.99. The number of esters is 1. The van der Waals surface area contributed by atoms with Crippen LogP contribution in [0.25, 0.3) is 11.3 Å². The van der Waals surface area contributed by atoms with Gasteiger partial charge in [0, 0.05) is 18.1 Å². The molecule has 0 amide bonds. The molecule has 0 atom stereocenters. The highest BCUT2D eigenvalue weighted by Gasteiger charge is 2.09. The molecule has 1 aromatic heterocycles. The van der Waals surface area contributed by atoms with Crippen LogP contribution in [0.4, 0.5) is 0 Å². The average Bonchev–Trinajstić information content (AvgIpc) is 2.79. The molecule has 156 valence electrons. The zero-order chi connectivity index (χ0) is 21.3. The quantitative estimate of drug-likeness (QED) is 0.484. The molecule has 1 heterocycles. The first kappa shape index (κ1) is 21.2. The highest BCUT2D eigenvalue weighted by molar-refractivity contribution is 5.90. The van der Waals surface area contributed by atoms with E-state index in [1.807, 2.05) is 48.5 Å². The lowest BCUT2D eigenvalue weighted by molar-refractivity contribution is 0.0526. The minimum absolute atomic E-state index is 0.338. The van der Waals surface area contributed by atoms with E-state index in [4.69, 9.17) is 18.9 Å². The van der Waals surface area contributed by atoms with Crippen LogP contribution >= 0.6 is 0 Å². The van der Waals surface area contributed by atoms with Crippen LogP contribution in [-0.4, -0.2) is 38.4 Å². The van der Waals surface area contributed by atoms with Gasteiger partial charge >= 0.3 is 5.97 Å². The summed E-state index contributed by atoms with van der Waals surface area (Å²) in [5.74, 6) is 1.56. The molecule has 0 saturated carbocycles. The second-order valence-corrected chi connectivity index (χ2v) is 6.45. The molecule has 3 rings (SSSR count). The molecule has 0 aliphatic rings. The smallest absolute Gasteiger partial charge is 0.338 e. The normalized spacial score (nSPS) is 10.4. The number of carbonyl (C=O) groups is 1. The van der Waals surface area contributed by atoms with Gasteiger partial charge < -0.3 is 18.9 Å². The van der Waals surface area contributed by atoms with Crippen molar-refractivity contribution in [1.29, 1.82) is 0 Å². The van der Waals surface area contributed by atoms with E-state index in [0.29, 0.717) is 42.6 Å². The number of pyridine rings is 1. The van der Waals surface area contributed by atoms with Gasteiger partial charge in [-0.2, -0.15) is 0 Å². The second kappa shape index (κ2) is 10.3. The van der Waals surface area contributed by atoms with Crippen LogP contribution in [0.2, 0.25) is 0 Å². The summed E-state index contributed by atoms with van der Waals surface area (Å²) in [6.07, 6.45) is 0.699. The van der Waals surface area contributed by atoms with Crippen LogP contribution < -0.4 is 14.2 Å². The first-order valence-electron chi connectivity index (χ1n) is 9.73. The molecule has 0 spiro atoms. The number of ether oxygens (including phenoxy) is 4.